The van der Waals surface area contributed by atoms with E-state index in [1.807, 2.05) is 30.0 Å². The molecule has 0 aliphatic carbocycles. The Morgan fingerprint density at radius 2 is 1.71 bits per heavy atom. The lowest BCUT2D eigenvalue weighted by atomic mass is 9.95. The van der Waals surface area contributed by atoms with Gasteiger partial charge in [0.05, 0.1) is 5.92 Å². The molecular weight excluding hydrogens is 352 g/mol. The average molecular weight is 380 g/mol. The lowest BCUT2D eigenvalue weighted by molar-refractivity contribution is -0.135. The number of amides is 2. The highest BCUT2D eigenvalue weighted by molar-refractivity contribution is 5.82. The van der Waals surface area contributed by atoms with Crippen LogP contribution in [-0.4, -0.2) is 59.5 Å². The Bertz CT molecular complexity index is 789. The number of nitrogens with zero attached hydrogens (tertiary/aromatic N) is 2. The zero-order valence-corrected chi connectivity index (χ0v) is 16.4. The first-order valence-electron chi connectivity index (χ1n) is 9.94. The van der Waals surface area contributed by atoms with Crippen LogP contribution < -0.4 is 0 Å². The monoisotopic (exact) mass is 380 g/mol. The van der Waals surface area contributed by atoms with Crippen molar-refractivity contribution in [1.82, 2.24) is 9.80 Å². The summed E-state index contributed by atoms with van der Waals surface area (Å²) < 4.78 is 0. The summed E-state index contributed by atoms with van der Waals surface area (Å²) in [6, 6.07) is 18.4. The molecule has 0 aromatic heterocycles. The van der Waals surface area contributed by atoms with Crippen molar-refractivity contribution in [3.05, 3.63) is 60.2 Å². The molecule has 1 N–H and O–H groups in total. The van der Waals surface area contributed by atoms with Gasteiger partial charge >= 0.3 is 0 Å². The van der Waals surface area contributed by atoms with E-state index in [-0.39, 0.29) is 17.7 Å². The van der Waals surface area contributed by atoms with Crippen molar-refractivity contribution in [1.29, 1.82) is 0 Å². The summed E-state index contributed by atoms with van der Waals surface area (Å²) in [5.41, 5.74) is 3.38. The van der Waals surface area contributed by atoms with Crippen LogP contribution >= 0.6 is 0 Å². The van der Waals surface area contributed by atoms with Crippen LogP contribution in [0.2, 0.25) is 0 Å². The second kappa shape index (κ2) is 9.51. The first-order chi connectivity index (χ1) is 13.6. The second-order valence-electron chi connectivity index (χ2n) is 7.29. The SMILES string of the molecule is CCCN1CCN(C(=O)CO)C[C@H](Cc2ccc(-c3ccccc3)cc2)C1=O. The lowest BCUT2D eigenvalue weighted by Gasteiger charge is -2.23. The third kappa shape index (κ3) is 4.78. The average Bonchev–Trinajstić information content (AvgIpc) is 2.89. The second-order valence-corrected chi connectivity index (χ2v) is 7.29. The number of carbonyl (C=O) groups excluding carboxylic acids is 2. The number of rotatable bonds is 6. The molecule has 1 saturated heterocycles. The van der Waals surface area contributed by atoms with Crippen molar-refractivity contribution in [3.8, 4) is 11.1 Å². The Hall–Kier alpha value is -2.66. The molecule has 1 aliphatic rings. The molecule has 1 fully saturated rings. The van der Waals surface area contributed by atoms with Gasteiger partial charge in [0.1, 0.15) is 6.61 Å². The fourth-order valence-electron chi connectivity index (χ4n) is 3.76. The summed E-state index contributed by atoms with van der Waals surface area (Å²) in [7, 11) is 0. The van der Waals surface area contributed by atoms with E-state index in [1.54, 1.807) is 4.90 Å². The van der Waals surface area contributed by atoms with Crippen molar-refractivity contribution in [2.75, 3.05) is 32.8 Å². The molecule has 0 saturated carbocycles. The highest BCUT2D eigenvalue weighted by Crippen LogP contribution is 2.22. The Balaban J connectivity index is 1.77. The molecule has 5 heteroatoms. The van der Waals surface area contributed by atoms with Crippen LogP contribution in [0.5, 0.6) is 0 Å². The minimum absolute atomic E-state index is 0.0993. The number of benzene rings is 2. The molecule has 2 aromatic rings. The Kier molecular flexibility index (Phi) is 6.82. The van der Waals surface area contributed by atoms with Gasteiger partial charge in [-0.2, -0.15) is 0 Å². The predicted molar refractivity (Wildman–Crippen MR) is 110 cm³/mol. The van der Waals surface area contributed by atoms with Crippen LogP contribution in [0.25, 0.3) is 11.1 Å². The topological polar surface area (TPSA) is 60.9 Å². The summed E-state index contributed by atoms with van der Waals surface area (Å²) in [6.45, 7) is 3.60. The van der Waals surface area contributed by atoms with Crippen LogP contribution in [0.15, 0.2) is 54.6 Å². The van der Waals surface area contributed by atoms with Crippen LogP contribution in [-0.2, 0) is 16.0 Å². The van der Waals surface area contributed by atoms with Gasteiger partial charge in [0, 0.05) is 26.2 Å². The maximum atomic E-state index is 13.0. The predicted octanol–water partition coefficient (Wildman–Crippen LogP) is 2.59. The summed E-state index contributed by atoms with van der Waals surface area (Å²) in [5.74, 6) is -0.495. The highest BCUT2D eigenvalue weighted by Gasteiger charge is 2.31. The minimum Gasteiger partial charge on any atom is -0.387 e. The van der Waals surface area contributed by atoms with Gasteiger partial charge in [0.25, 0.3) is 0 Å². The van der Waals surface area contributed by atoms with Gasteiger partial charge in [-0.1, -0.05) is 61.5 Å². The van der Waals surface area contributed by atoms with Gasteiger partial charge in [0.15, 0.2) is 0 Å². The van der Waals surface area contributed by atoms with Gasteiger partial charge in [-0.25, -0.2) is 0 Å². The van der Waals surface area contributed by atoms with E-state index in [1.165, 1.54) is 0 Å². The Labute approximate surface area is 166 Å². The summed E-state index contributed by atoms with van der Waals surface area (Å²) >= 11 is 0. The van der Waals surface area contributed by atoms with Crippen LogP contribution in [0.1, 0.15) is 18.9 Å². The van der Waals surface area contributed by atoms with Gasteiger partial charge in [-0.15, -0.1) is 0 Å². The van der Waals surface area contributed by atoms with Crippen molar-refractivity contribution in [2.45, 2.75) is 19.8 Å². The first kappa shape index (κ1) is 20.1. The lowest BCUT2D eigenvalue weighted by Crippen LogP contribution is -2.39. The number of hydrogen-bond donors (Lipinski definition) is 1. The molecular formula is C23H28N2O3. The zero-order valence-electron chi connectivity index (χ0n) is 16.4. The Morgan fingerprint density at radius 1 is 1.04 bits per heavy atom. The largest absolute Gasteiger partial charge is 0.387 e. The molecule has 2 amide bonds. The molecule has 148 valence electrons. The van der Waals surface area contributed by atoms with Crippen LogP contribution in [0.4, 0.5) is 0 Å². The molecule has 1 atom stereocenters. The molecule has 1 heterocycles. The number of aliphatic hydroxyl groups excluding tert-OH is 1. The molecule has 0 bridgehead atoms. The molecule has 5 nitrogen and oxygen atoms in total. The quantitative estimate of drug-likeness (QED) is 0.838. The van der Waals surface area contributed by atoms with Crippen molar-refractivity contribution in [3.63, 3.8) is 0 Å². The standard InChI is InChI=1S/C23H28N2O3/c1-2-12-24-13-14-25(22(27)17-26)16-21(23(24)28)15-18-8-10-20(11-9-18)19-6-4-3-5-7-19/h3-11,21,26H,2,12-17H2,1H3/t21-/m0/s1. The molecule has 28 heavy (non-hydrogen) atoms. The third-order valence-corrected chi connectivity index (χ3v) is 5.27. The molecule has 3 rings (SSSR count). The van der Waals surface area contributed by atoms with E-state index in [9.17, 15) is 14.7 Å². The van der Waals surface area contributed by atoms with E-state index in [0.717, 1.165) is 23.1 Å². The smallest absolute Gasteiger partial charge is 0.248 e. The van der Waals surface area contributed by atoms with E-state index in [0.29, 0.717) is 32.6 Å². The van der Waals surface area contributed by atoms with E-state index < -0.39 is 6.61 Å². The highest BCUT2D eigenvalue weighted by atomic mass is 16.3. The van der Waals surface area contributed by atoms with Gasteiger partial charge in [-0.05, 0) is 29.5 Å². The molecule has 1 aliphatic heterocycles. The van der Waals surface area contributed by atoms with Gasteiger partial charge in [-0.3, -0.25) is 9.59 Å². The van der Waals surface area contributed by atoms with Crippen LogP contribution in [0, 0.1) is 5.92 Å². The maximum Gasteiger partial charge on any atom is 0.248 e. The molecule has 0 spiro atoms. The summed E-state index contributed by atoms with van der Waals surface area (Å²) in [5, 5.41) is 9.24. The Morgan fingerprint density at radius 3 is 2.36 bits per heavy atom. The van der Waals surface area contributed by atoms with Gasteiger partial charge < -0.3 is 14.9 Å². The van der Waals surface area contributed by atoms with Crippen molar-refractivity contribution >= 4 is 11.8 Å². The normalized spacial score (nSPS) is 17.5. The number of carbonyl (C=O) groups is 2. The molecule has 0 radical (unpaired) electrons. The molecule has 2 aromatic carbocycles. The zero-order chi connectivity index (χ0) is 19.9. The van der Waals surface area contributed by atoms with Crippen molar-refractivity contribution < 1.29 is 14.7 Å². The summed E-state index contributed by atoms with van der Waals surface area (Å²) in [4.78, 5) is 28.5. The number of hydrogen-bond acceptors (Lipinski definition) is 3. The fraction of sp³-hybridized carbons (Fsp3) is 0.391. The van der Waals surface area contributed by atoms with Gasteiger partial charge in [0.2, 0.25) is 11.8 Å². The third-order valence-electron chi connectivity index (χ3n) is 5.27. The van der Waals surface area contributed by atoms with Crippen LogP contribution in [0.3, 0.4) is 0 Å². The first-order valence-corrected chi connectivity index (χ1v) is 9.94. The van der Waals surface area contributed by atoms with E-state index in [4.69, 9.17) is 0 Å². The fourth-order valence-corrected chi connectivity index (χ4v) is 3.76. The minimum atomic E-state index is -0.513. The van der Waals surface area contributed by atoms with E-state index in [2.05, 4.69) is 36.4 Å². The molecule has 0 unspecified atom stereocenters. The number of aliphatic hydroxyl groups is 1. The van der Waals surface area contributed by atoms with Crippen molar-refractivity contribution in [2.24, 2.45) is 5.92 Å². The van der Waals surface area contributed by atoms with E-state index >= 15 is 0 Å². The maximum absolute atomic E-state index is 13.0. The summed E-state index contributed by atoms with van der Waals surface area (Å²) in [6.07, 6.45) is 1.47.